The molecule has 7 atom stereocenters. The fourth-order valence-electron chi connectivity index (χ4n) is 10.2. The van der Waals surface area contributed by atoms with Gasteiger partial charge in [0.1, 0.15) is 17.2 Å². The minimum Gasteiger partial charge on any atom is -0.449 e. The minimum atomic E-state index is -1.36. The molecule has 42 heavy (non-hydrogen) atoms. The van der Waals surface area contributed by atoms with E-state index in [9.17, 15) is 24.3 Å². The number of carbonyl (C=O) groups is 2. The van der Waals surface area contributed by atoms with Crippen molar-refractivity contribution in [2.24, 2.45) is 27.6 Å². The Bertz CT molecular complexity index is 1470. The van der Waals surface area contributed by atoms with Crippen LogP contribution in [0.25, 0.3) is 0 Å². The Balaban J connectivity index is 1.37. The maximum atomic E-state index is 13.8. The molecule has 0 heterocycles. The van der Waals surface area contributed by atoms with Crippen LogP contribution in [0, 0.1) is 50.1 Å². The summed E-state index contributed by atoms with van der Waals surface area (Å²) in [5.41, 5.74) is 0.942. The molecule has 0 spiro atoms. The Labute approximate surface area is 250 Å². The number of fused-ring (bicyclic) bond motifs is 2. The quantitative estimate of drug-likeness (QED) is 0.230. The van der Waals surface area contributed by atoms with Gasteiger partial charge in [0.15, 0.2) is 5.60 Å². The van der Waals surface area contributed by atoms with Crippen LogP contribution in [0.4, 0.5) is 10.1 Å². The second kappa shape index (κ2) is 9.87. The van der Waals surface area contributed by atoms with Crippen LogP contribution in [0.5, 0.6) is 0 Å². The Kier molecular flexibility index (Phi) is 6.88. The van der Waals surface area contributed by atoms with E-state index in [1.165, 1.54) is 23.9 Å². The van der Waals surface area contributed by atoms with E-state index in [4.69, 9.17) is 10.1 Å². The van der Waals surface area contributed by atoms with Crippen molar-refractivity contribution >= 4 is 34.7 Å². The van der Waals surface area contributed by atoms with Gasteiger partial charge in [0, 0.05) is 46.6 Å². The zero-order chi connectivity index (χ0) is 30.1. The lowest BCUT2D eigenvalue weighted by Gasteiger charge is -2.60. The smallest absolute Gasteiger partial charge is 0.306 e. The second-order valence-electron chi connectivity index (χ2n) is 13.4. The van der Waals surface area contributed by atoms with Gasteiger partial charge in [0.2, 0.25) is 5.12 Å². The normalized spacial score (nSPS) is 39.6. The number of rotatable bonds is 7. The number of halogens is 1. The van der Waals surface area contributed by atoms with Crippen molar-refractivity contribution in [3.05, 3.63) is 53.0 Å². The number of quaternary nitrogens is 1. The molecule has 4 saturated carbocycles. The number of benzene rings is 1. The van der Waals surface area contributed by atoms with Crippen LogP contribution >= 0.6 is 11.8 Å². The van der Waals surface area contributed by atoms with Crippen molar-refractivity contribution in [1.82, 2.24) is 0 Å². The Hall–Kier alpha value is -2.80. The first-order chi connectivity index (χ1) is 20.0. The summed E-state index contributed by atoms with van der Waals surface area (Å²) >= 11 is 0.920. The molecule has 1 aromatic rings. The predicted molar refractivity (Wildman–Crippen MR) is 157 cm³/mol. The molecule has 7 nitrogen and oxygen atoms in total. The summed E-state index contributed by atoms with van der Waals surface area (Å²) in [7, 11) is 0. The number of hydrogen-bond acceptors (Lipinski definition) is 7. The number of allylic oxidation sites excluding steroid dienone is 3. The van der Waals surface area contributed by atoms with Crippen molar-refractivity contribution in [3.63, 3.8) is 0 Å². The Morgan fingerprint density at radius 2 is 2.02 bits per heavy atom. The molecule has 5 aliphatic rings. The number of carbonyl (C=O) groups excluding carboxylic acids is 2. The maximum absolute atomic E-state index is 13.8. The molecule has 6 rings (SSSR count). The molecule has 0 amide bonds. The molecule has 0 bridgehead atoms. The van der Waals surface area contributed by atoms with E-state index >= 15 is 0 Å². The van der Waals surface area contributed by atoms with Crippen molar-refractivity contribution in [2.45, 2.75) is 83.8 Å². The van der Waals surface area contributed by atoms with Gasteiger partial charge in [0.25, 0.3) is 0 Å². The standard InChI is InChI=1S/C33H38FN3O4S/c1-4-27(39)41-33(28(40)42-14-13-35)12-10-25-30(33,3)17-26(38)32-19-31(25,32)11-9-21-15-24(20(18-36)16-29(21,32)2)37-23-7-5-22(34)6-8-23/h5-8,15,18,25-26,36-38H,4,9-12,14,16-17,19H2,1-3H3/p+1/t25?,26-,29-,30-,31?,32?,33-/m0/s1. The van der Waals surface area contributed by atoms with Gasteiger partial charge in [-0.15, -0.1) is 0 Å². The molecule has 0 aromatic heterocycles. The zero-order valence-corrected chi connectivity index (χ0v) is 25.3. The highest BCUT2D eigenvalue weighted by Crippen LogP contribution is 2.90. The van der Waals surface area contributed by atoms with E-state index in [2.05, 4.69) is 13.0 Å². The zero-order valence-electron chi connectivity index (χ0n) is 24.5. The SMILES string of the molecule is CCC(=O)O[C@]1(C(=O)SCC#N)CCC2C34CCC5=CC([NH2+]c6ccc(F)cc6)=C(C=N)C[C@]5(C)C3(C4)[C@@H](O)C[C@@]21C. The summed E-state index contributed by atoms with van der Waals surface area (Å²) in [5, 5.41) is 31.4. The number of esters is 1. The number of aliphatic hydroxyl groups is 1. The summed E-state index contributed by atoms with van der Waals surface area (Å²) in [6.45, 7) is 6.00. The van der Waals surface area contributed by atoms with E-state index in [0.29, 0.717) is 19.3 Å². The second-order valence-corrected chi connectivity index (χ2v) is 14.4. The molecule has 9 heteroatoms. The average Bonchev–Trinajstić information content (AvgIpc) is 3.61. The molecule has 3 unspecified atom stereocenters. The van der Waals surface area contributed by atoms with Gasteiger partial charge in [-0.25, -0.2) is 4.39 Å². The third-order valence-corrected chi connectivity index (χ3v) is 12.9. The average molecular weight is 593 g/mol. The summed E-state index contributed by atoms with van der Waals surface area (Å²) in [6, 6.07) is 8.38. The van der Waals surface area contributed by atoms with Gasteiger partial charge in [-0.2, -0.15) is 5.26 Å². The lowest BCUT2D eigenvalue weighted by atomic mass is 9.45. The first kappa shape index (κ1) is 29.3. The molecule has 4 N–H and O–H groups in total. The molecule has 222 valence electrons. The summed E-state index contributed by atoms with van der Waals surface area (Å²) < 4.78 is 19.6. The summed E-state index contributed by atoms with van der Waals surface area (Å²) in [4.78, 5) is 26.5. The van der Waals surface area contributed by atoms with Crippen LogP contribution in [-0.4, -0.2) is 39.9 Å². The van der Waals surface area contributed by atoms with E-state index in [-0.39, 0.29) is 39.9 Å². The van der Waals surface area contributed by atoms with Crippen LogP contribution in [0.1, 0.15) is 72.1 Å². The number of nitrogens with zero attached hydrogens (tertiary/aromatic N) is 1. The van der Waals surface area contributed by atoms with Gasteiger partial charge in [-0.3, -0.25) is 14.9 Å². The van der Waals surface area contributed by atoms with Crippen LogP contribution in [0.3, 0.4) is 0 Å². The monoisotopic (exact) mass is 592 g/mol. The fourth-order valence-corrected chi connectivity index (χ4v) is 11.0. The molecular formula is C33H39FN3O4S+. The Morgan fingerprint density at radius 1 is 1.29 bits per heavy atom. The number of hydrogen-bond donors (Lipinski definition) is 3. The summed E-state index contributed by atoms with van der Waals surface area (Å²) in [6.07, 6.45) is 7.72. The molecule has 0 saturated heterocycles. The molecule has 5 aliphatic carbocycles. The molecule has 1 aromatic carbocycles. The minimum absolute atomic E-state index is 0.00905. The van der Waals surface area contributed by atoms with Gasteiger partial charge in [-0.05, 0) is 74.5 Å². The number of nitrogens with one attached hydrogen (secondary N) is 1. The Morgan fingerprint density at radius 3 is 2.69 bits per heavy atom. The topological polar surface area (TPSA) is 128 Å². The van der Waals surface area contributed by atoms with E-state index in [1.54, 1.807) is 19.1 Å². The lowest BCUT2D eigenvalue weighted by Crippen LogP contribution is -2.76. The number of thioether (sulfide) groups is 1. The van der Waals surface area contributed by atoms with Crippen molar-refractivity contribution in [3.8, 4) is 6.07 Å². The molecule has 0 radical (unpaired) electrons. The predicted octanol–water partition coefficient (Wildman–Crippen LogP) is 5.09. The third-order valence-electron chi connectivity index (χ3n) is 12.0. The maximum Gasteiger partial charge on any atom is 0.306 e. The summed E-state index contributed by atoms with van der Waals surface area (Å²) in [5.74, 6) is -0.641. The van der Waals surface area contributed by atoms with E-state index in [0.717, 1.165) is 54.4 Å². The fraction of sp³-hybridized carbons (Fsp3) is 0.576. The molecular weight excluding hydrogens is 553 g/mol. The van der Waals surface area contributed by atoms with Crippen LogP contribution in [-0.2, 0) is 14.3 Å². The van der Waals surface area contributed by atoms with Gasteiger partial charge >= 0.3 is 5.97 Å². The molecule has 0 aliphatic heterocycles. The third kappa shape index (κ3) is 3.67. The van der Waals surface area contributed by atoms with Crippen LogP contribution in [0.2, 0.25) is 0 Å². The highest BCUT2D eigenvalue weighted by Gasteiger charge is 2.88. The highest BCUT2D eigenvalue weighted by molar-refractivity contribution is 8.14. The number of nitrogens with two attached hydrogens (primary N) is 1. The van der Waals surface area contributed by atoms with Crippen LogP contribution in [0.15, 0.2) is 47.2 Å². The van der Waals surface area contributed by atoms with Gasteiger partial charge < -0.3 is 15.3 Å². The van der Waals surface area contributed by atoms with Gasteiger partial charge in [0.05, 0.1) is 17.9 Å². The number of nitriles is 1. The largest absolute Gasteiger partial charge is 0.449 e. The first-order valence-corrected chi connectivity index (χ1v) is 15.9. The van der Waals surface area contributed by atoms with E-state index in [1.807, 2.05) is 18.3 Å². The number of aliphatic hydroxyl groups excluding tert-OH is 1. The number of ether oxygens (including phenoxy) is 1. The van der Waals surface area contributed by atoms with Crippen molar-refractivity contribution in [1.29, 1.82) is 10.7 Å². The highest BCUT2D eigenvalue weighted by atomic mass is 32.2. The molecule has 4 fully saturated rings. The first-order valence-electron chi connectivity index (χ1n) is 15.0. The van der Waals surface area contributed by atoms with Crippen molar-refractivity contribution < 1.29 is 29.1 Å². The van der Waals surface area contributed by atoms with Crippen molar-refractivity contribution in [2.75, 3.05) is 5.75 Å². The lowest BCUT2D eigenvalue weighted by molar-refractivity contribution is -0.513. The van der Waals surface area contributed by atoms with Crippen LogP contribution < -0.4 is 5.32 Å². The van der Waals surface area contributed by atoms with Gasteiger partial charge in [-0.1, -0.05) is 38.1 Å². The van der Waals surface area contributed by atoms with E-state index < -0.39 is 28.5 Å².